The summed E-state index contributed by atoms with van der Waals surface area (Å²) in [5.41, 5.74) is 0. The summed E-state index contributed by atoms with van der Waals surface area (Å²) in [5, 5.41) is 0. The van der Waals surface area contributed by atoms with Crippen LogP contribution in [0.5, 0.6) is 0 Å². The Labute approximate surface area is 229 Å². The molecule has 0 bridgehead atoms. The Kier molecular flexibility index (Phi) is 34.8. The molecule has 218 valence electrons. The third-order valence-electron chi connectivity index (χ3n) is 7.61. The Morgan fingerprint density at radius 2 is 0.389 bits per heavy atom. The van der Waals surface area contributed by atoms with E-state index < -0.39 is 0 Å². The van der Waals surface area contributed by atoms with Crippen LogP contribution in [0.1, 0.15) is 194 Å². The largest absolute Gasteiger partial charge is 0.381 e. The Morgan fingerprint density at radius 3 is 0.583 bits per heavy atom. The summed E-state index contributed by atoms with van der Waals surface area (Å²) in [6, 6.07) is 0. The highest BCUT2D eigenvalue weighted by Gasteiger charge is 1.97. The van der Waals surface area contributed by atoms with Gasteiger partial charge in [-0.1, -0.05) is 168 Å². The quantitative estimate of drug-likeness (QED) is 0.0817. The molecule has 36 heavy (non-hydrogen) atoms. The molecule has 0 aliphatic heterocycles. The third kappa shape index (κ3) is 33.9. The van der Waals surface area contributed by atoms with E-state index >= 15 is 0 Å². The maximum absolute atomic E-state index is 5.83. The first kappa shape index (κ1) is 35.9. The molecule has 0 aromatic heterocycles. The van der Waals surface area contributed by atoms with Crippen molar-refractivity contribution in [2.75, 3.05) is 26.4 Å². The fourth-order valence-electron chi connectivity index (χ4n) is 5.06. The van der Waals surface area contributed by atoms with Gasteiger partial charge >= 0.3 is 0 Å². The van der Waals surface area contributed by atoms with Crippen molar-refractivity contribution in [2.45, 2.75) is 194 Å². The first-order valence-electron chi connectivity index (χ1n) is 17.1. The minimum atomic E-state index is 0.956. The molecular formula is C34H70O2. The average Bonchev–Trinajstić information content (AvgIpc) is 2.89. The highest BCUT2D eigenvalue weighted by Crippen LogP contribution is 2.13. The number of rotatable bonds is 33. The van der Waals surface area contributed by atoms with Crippen molar-refractivity contribution in [3.63, 3.8) is 0 Å². The third-order valence-corrected chi connectivity index (χ3v) is 7.61. The molecular weight excluding hydrogens is 440 g/mol. The molecule has 0 radical (unpaired) electrons. The number of hydrogen-bond acceptors (Lipinski definition) is 2. The lowest BCUT2D eigenvalue weighted by Crippen LogP contribution is -1.99. The minimum absolute atomic E-state index is 0.956. The molecule has 0 aliphatic rings. The number of ether oxygens (including phenoxy) is 2. The average molecular weight is 511 g/mol. The monoisotopic (exact) mass is 511 g/mol. The van der Waals surface area contributed by atoms with Crippen LogP contribution in [-0.2, 0) is 9.47 Å². The van der Waals surface area contributed by atoms with E-state index in [-0.39, 0.29) is 0 Å². The van der Waals surface area contributed by atoms with Crippen LogP contribution in [0.3, 0.4) is 0 Å². The van der Waals surface area contributed by atoms with Gasteiger partial charge in [0.05, 0.1) is 0 Å². The van der Waals surface area contributed by atoms with E-state index in [1.165, 1.54) is 180 Å². The molecule has 2 heteroatoms. The molecule has 0 heterocycles. The summed E-state index contributed by atoms with van der Waals surface area (Å²) in [5.74, 6) is 0. The van der Waals surface area contributed by atoms with Crippen molar-refractivity contribution >= 4 is 0 Å². The molecule has 0 rings (SSSR count). The second kappa shape index (κ2) is 34.9. The fraction of sp³-hybridized carbons (Fsp3) is 1.00. The standard InChI is InChI=1S/C34H70O2/c1-3-5-7-9-11-13-15-17-19-21-23-27-31-35-33-29-25-26-30-34-36-32-28-24-22-20-18-16-14-12-10-8-6-4-2/h3-34H2,1-2H3. The lowest BCUT2D eigenvalue weighted by molar-refractivity contribution is 0.117. The van der Waals surface area contributed by atoms with Crippen molar-refractivity contribution in [2.24, 2.45) is 0 Å². The van der Waals surface area contributed by atoms with E-state index in [1.807, 2.05) is 0 Å². The minimum Gasteiger partial charge on any atom is -0.381 e. The molecule has 0 fully saturated rings. The molecule has 0 aliphatic carbocycles. The summed E-state index contributed by atoms with van der Waals surface area (Å²) in [4.78, 5) is 0. The predicted octanol–water partition coefficient (Wildman–Crippen LogP) is 12.0. The van der Waals surface area contributed by atoms with Crippen LogP contribution in [0.2, 0.25) is 0 Å². The van der Waals surface area contributed by atoms with E-state index in [9.17, 15) is 0 Å². The zero-order valence-electron chi connectivity index (χ0n) is 25.4. The highest BCUT2D eigenvalue weighted by atomic mass is 16.5. The van der Waals surface area contributed by atoms with E-state index in [0.717, 1.165) is 26.4 Å². The molecule has 0 saturated carbocycles. The van der Waals surface area contributed by atoms with Crippen LogP contribution < -0.4 is 0 Å². The SMILES string of the molecule is CCCCCCCCCCCCCCOCCCCCCOCCCCCCCCCCCCCC. The number of unbranched alkanes of at least 4 members (excludes halogenated alkanes) is 25. The molecule has 0 aromatic carbocycles. The summed E-state index contributed by atoms with van der Waals surface area (Å²) < 4.78 is 11.7. The van der Waals surface area contributed by atoms with Gasteiger partial charge in [0.2, 0.25) is 0 Å². The van der Waals surface area contributed by atoms with Crippen LogP contribution in [0.15, 0.2) is 0 Å². The first-order chi connectivity index (χ1) is 17.9. The van der Waals surface area contributed by atoms with Gasteiger partial charge in [0.25, 0.3) is 0 Å². The van der Waals surface area contributed by atoms with E-state index in [1.54, 1.807) is 0 Å². The topological polar surface area (TPSA) is 18.5 Å². The lowest BCUT2D eigenvalue weighted by atomic mass is 10.1. The van der Waals surface area contributed by atoms with E-state index in [2.05, 4.69) is 13.8 Å². The summed E-state index contributed by atoms with van der Waals surface area (Å²) in [6.07, 6.45) is 38.9. The van der Waals surface area contributed by atoms with Crippen molar-refractivity contribution in [1.29, 1.82) is 0 Å². The van der Waals surface area contributed by atoms with E-state index in [0.29, 0.717) is 0 Å². The number of hydrogen-bond donors (Lipinski definition) is 0. The smallest absolute Gasteiger partial charge is 0.0466 e. The van der Waals surface area contributed by atoms with Crippen molar-refractivity contribution in [3.05, 3.63) is 0 Å². The molecule has 0 amide bonds. The Hall–Kier alpha value is -0.0800. The second-order valence-electron chi connectivity index (χ2n) is 11.4. The Morgan fingerprint density at radius 1 is 0.222 bits per heavy atom. The summed E-state index contributed by atoms with van der Waals surface area (Å²) in [7, 11) is 0. The van der Waals surface area contributed by atoms with Crippen LogP contribution >= 0.6 is 0 Å². The Bertz CT molecular complexity index is 323. The molecule has 0 spiro atoms. The van der Waals surface area contributed by atoms with Crippen molar-refractivity contribution in [3.8, 4) is 0 Å². The molecule has 2 nitrogen and oxygen atoms in total. The summed E-state index contributed by atoms with van der Waals surface area (Å²) in [6.45, 7) is 8.45. The van der Waals surface area contributed by atoms with Crippen LogP contribution in [-0.4, -0.2) is 26.4 Å². The van der Waals surface area contributed by atoms with Crippen molar-refractivity contribution < 1.29 is 9.47 Å². The van der Waals surface area contributed by atoms with Gasteiger partial charge in [-0.05, 0) is 25.7 Å². The zero-order valence-corrected chi connectivity index (χ0v) is 25.4. The maximum atomic E-state index is 5.83. The molecule has 0 N–H and O–H groups in total. The van der Waals surface area contributed by atoms with Crippen LogP contribution in [0.4, 0.5) is 0 Å². The predicted molar refractivity (Wildman–Crippen MR) is 162 cm³/mol. The fourth-order valence-corrected chi connectivity index (χ4v) is 5.06. The highest BCUT2D eigenvalue weighted by molar-refractivity contribution is 4.50. The van der Waals surface area contributed by atoms with E-state index in [4.69, 9.17) is 9.47 Å². The van der Waals surface area contributed by atoms with Crippen LogP contribution in [0.25, 0.3) is 0 Å². The van der Waals surface area contributed by atoms with Gasteiger partial charge in [-0.2, -0.15) is 0 Å². The molecule has 0 unspecified atom stereocenters. The molecule has 0 aromatic rings. The van der Waals surface area contributed by atoms with Gasteiger partial charge in [-0.25, -0.2) is 0 Å². The van der Waals surface area contributed by atoms with Crippen LogP contribution in [0, 0.1) is 0 Å². The second-order valence-corrected chi connectivity index (χ2v) is 11.4. The van der Waals surface area contributed by atoms with Gasteiger partial charge in [0, 0.05) is 26.4 Å². The molecule has 0 atom stereocenters. The van der Waals surface area contributed by atoms with Crippen molar-refractivity contribution in [1.82, 2.24) is 0 Å². The normalized spacial score (nSPS) is 11.5. The van der Waals surface area contributed by atoms with Gasteiger partial charge in [-0.15, -0.1) is 0 Å². The zero-order chi connectivity index (χ0) is 26.0. The summed E-state index contributed by atoms with van der Waals surface area (Å²) >= 11 is 0. The lowest BCUT2D eigenvalue weighted by Gasteiger charge is -2.06. The maximum Gasteiger partial charge on any atom is 0.0466 e. The Balaban J connectivity index is 3.00. The van der Waals surface area contributed by atoms with Gasteiger partial charge in [0.1, 0.15) is 0 Å². The van der Waals surface area contributed by atoms with Gasteiger partial charge < -0.3 is 9.47 Å². The first-order valence-corrected chi connectivity index (χ1v) is 17.1. The molecule has 0 saturated heterocycles. The van der Waals surface area contributed by atoms with Gasteiger partial charge in [-0.3, -0.25) is 0 Å². The van der Waals surface area contributed by atoms with Gasteiger partial charge in [0.15, 0.2) is 0 Å².